The smallest absolute Gasteiger partial charge is 0.263 e. The van der Waals surface area contributed by atoms with E-state index < -0.39 is 17.7 Å². The van der Waals surface area contributed by atoms with Gasteiger partial charge in [0.2, 0.25) is 0 Å². The summed E-state index contributed by atoms with van der Waals surface area (Å²) in [4.78, 5) is 14.7. The molecule has 5 nitrogen and oxygen atoms in total. The first kappa shape index (κ1) is 21.9. The van der Waals surface area contributed by atoms with Gasteiger partial charge in [0.15, 0.2) is 17.7 Å². The number of benzene rings is 2. The Bertz CT molecular complexity index is 822. The quantitative estimate of drug-likeness (QED) is 0.818. The third kappa shape index (κ3) is 4.72. The van der Waals surface area contributed by atoms with E-state index in [-0.39, 0.29) is 30.1 Å². The summed E-state index contributed by atoms with van der Waals surface area (Å²) in [6, 6.07) is 10.6. The normalized spacial score (nSPS) is 17.4. The molecule has 2 aromatic rings. The van der Waals surface area contributed by atoms with Crippen molar-refractivity contribution >= 4 is 18.3 Å². The third-order valence-electron chi connectivity index (χ3n) is 4.58. The molecule has 0 aromatic heterocycles. The monoisotopic (exact) mass is 412 g/mol. The van der Waals surface area contributed by atoms with E-state index in [0.29, 0.717) is 25.4 Å². The predicted octanol–water partition coefficient (Wildman–Crippen LogP) is 3.34. The van der Waals surface area contributed by atoms with E-state index in [1.807, 2.05) is 24.3 Å². The minimum atomic E-state index is -1.01. The number of para-hydroxylation sites is 1. The van der Waals surface area contributed by atoms with Crippen molar-refractivity contribution in [3.63, 3.8) is 0 Å². The first-order chi connectivity index (χ1) is 13.0. The molecule has 1 aliphatic heterocycles. The highest BCUT2D eigenvalue weighted by molar-refractivity contribution is 5.85. The molecular weight excluding hydrogens is 390 g/mol. The van der Waals surface area contributed by atoms with Crippen molar-refractivity contribution in [3.8, 4) is 11.5 Å². The topological polar surface area (TPSA) is 50.8 Å². The van der Waals surface area contributed by atoms with Crippen LogP contribution in [0.25, 0.3) is 0 Å². The lowest BCUT2D eigenvalue weighted by atomic mass is 10.0. The molecule has 2 aromatic carbocycles. The first-order valence-electron chi connectivity index (χ1n) is 8.77. The molecule has 0 radical (unpaired) electrons. The van der Waals surface area contributed by atoms with Crippen LogP contribution in [0.3, 0.4) is 0 Å². The highest BCUT2D eigenvalue weighted by Crippen LogP contribution is 2.31. The lowest BCUT2D eigenvalue weighted by molar-refractivity contribution is -0.141. The minimum absolute atomic E-state index is 0. The van der Waals surface area contributed by atoms with Gasteiger partial charge in [0.05, 0.1) is 13.2 Å². The van der Waals surface area contributed by atoms with Gasteiger partial charge in [-0.15, -0.1) is 12.4 Å². The van der Waals surface area contributed by atoms with Gasteiger partial charge < -0.3 is 19.7 Å². The number of piperazine rings is 1. The second kappa shape index (κ2) is 9.71. The van der Waals surface area contributed by atoms with Gasteiger partial charge in [0.25, 0.3) is 5.91 Å². The number of rotatable bonds is 5. The number of halogens is 3. The fraction of sp³-hybridized carbons (Fsp3) is 0.350. The van der Waals surface area contributed by atoms with Crippen molar-refractivity contribution in [2.24, 2.45) is 0 Å². The van der Waals surface area contributed by atoms with Crippen molar-refractivity contribution in [1.29, 1.82) is 0 Å². The van der Waals surface area contributed by atoms with Crippen LogP contribution in [-0.2, 0) is 4.79 Å². The van der Waals surface area contributed by atoms with Crippen molar-refractivity contribution in [2.45, 2.75) is 19.1 Å². The Morgan fingerprint density at radius 3 is 2.68 bits per heavy atom. The van der Waals surface area contributed by atoms with E-state index in [1.165, 1.54) is 6.07 Å². The second-order valence-corrected chi connectivity index (χ2v) is 6.33. The first-order valence-corrected chi connectivity index (χ1v) is 8.77. The molecule has 1 saturated heterocycles. The molecule has 1 N–H and O–H groups in total. The van der Waals surface area contributed by atoms with Crippen LogP contribution < -0.4 is 14.8 Å². The fourth-order valence-corrected chi connectivity index (χ4v) is 3.23. The Labute approximate surface area is 169 Å². The number of carbonyl (C=O) groups is 1. The molecule has 8 heteroatoms. The average molecular weight is 413 g/mol. The average Bonchev–Trinajstić information content (AvgIpc) is 2.70. The molecular formula is C20H23ClF2N2O3. The van der Waals surface area contributed by atoms with Gasteiger partial charge in [-0.2, -0.15) is 0 Å². The van der Waals surface area contributed by atoms with Gasteiger partial charge in [-0.05, 0) is 25.1 Å². The van der Waals surface area contributed by atoms with Gasteiger partial charge in [-0.3, -0.25) is 4.79 Å². The zero-order valence-electron chi connectivity index (χ0n) is 15.7. The lowest BCUT2D eigenvalue weighted by Gasteiger charge is -2.38. The van der Waals surface area contributed by atoms with Crippen molar-refractivity contribution in [2.75, 3.05) is 26.7 Å². The van der Waals surface area contributed by atoms with Gasteiger partial charge in [-0.1, -0.05) is 18.2 Å². The molecule has 1 aliphatic rings. The summed E-state index contributed by atoms with van der Waals surface area (Å²) < 4.78 is 37.4. The number of hydrogen-bond donors (Lipinski definition) is 1. The number of nitrogens with one attached hydrogen (secondary N) is 1. The van der Waals surface area contributed by atoms with Crippen LogP contribution >= 0.6 is 12.4 Å². The van der Waals surface area contributed by atoms with E-state index in [1.54, 1.807) is 18.9 Å². The van der Waals surface area contributed by atoms with Crippen LogP contribution in [-0.4, -0.2) is 43.7 Å². The van der Waals surface area contributed by atoms with Crippen LogP contribution in [0.15, 0.2) is 42.5 Å². The van der Waals surface area contributed by atoms with Crippen LogP contribution in [0.5, 0.6) is 11.5 Å². The largest absolute Gasteiger partial charge is 0.496 e. The molecule has 3 rings (SSSR count). The number of amides is 1. The molecule has 28 heavy (non-hydrogen) atoms. The summed E-state index contributed by atoms with van der Waals surface area (Å²) in [5.74, 6) is -1.38. The second-order valence-electron chi connectivity index (χ2n) is 6.33. The Hall–Kier alpha value is -2.38. The maximum absolute atomic E-state index is 13.4. The Kier molecular flexibility index (Phi) is 7.60. The molecule has 0 aliphatic carbocycles. The number of nitrogens with zero attached hydrogens (tertiary/aromatic N) is 1. The molecule has 0 bridgehead atoms. The standard InChI is InChI=1S/C20H22F2N2O3.ClH/c1-13(27-14-7-8-16(21)17(22)11-14)20(25)24-10-9-23-12-18(24)15-5-3-4-6-19(15)26-2;/h3-8,11,13,18,23H,9-10,12H2,1-2H3;1H. The summed E-state index contributed by atoms with van der Waals surface area (Å²) in [5, 5.41) is 3.29. The van der Waals surface area contributed by atoms with Crippen LogP contribution in [0.1, 0.15) is 18.5 Å². The molecule has 1 amide bonds. The van der Waals surface area contributed by atoms with Crippen LogP contribution in [0, 0.1) is 11.6 Å². The number of hydrogen-bond acceptors (Lipinski definition) is 4. The van der Waals surface area contributed by atoms with E-state index in [2.05, 4.69) is 5.32 Å². The zero-order valence-corrected chi connectivity index (χ0v) is 16.5. The molecule has 2 unspecified atom stereocenters. The zero-order chi connectivity index (χ0) is 19.4. The lowest BCUT2D eigenvalue weighted by Crippen LogP contribution is -2.52. The molecule has 1 heterocycles. The Balaban J connectivity index is 0.00000280. The summed E-state index contributed by atoms with van der Waals surface area (Å²) in [6.07, 6.45) is -0.842. The Morgan fingerprint density at radius 2 is 1.96 bits per heavy atom. The third-order valence-corrected chi connectivity index (χ3v) is 4.58. The summed E-state index contributed by atoms with van der Waals surface area (Å²) in [5.41, 5.74) is 0.903. The Morgan fingerprint density at radius 1 is 1.21 bits per heavy atom. The van der Waals surface area contributed by atoms with Crippen molar-refractivity contribution in [1.82, 2.24) is 10.2 Å². The summed E-state index contributed by atoms with van der Waals surface area (Å²) in [6.45, 7) is 3.36. The molecule has 0 spiro atoms. The van der Waals surface area contributed by atoms with E-state index in [9.17, 15) is 13.6 Å². The summed E-state index contributed by atoms with van der Waals surface area (Å²) >= 11 is 0. The van der Waals surface area contributed by atoms with Crippen LogP contribution in [0.2, 0.25) is 0 Å². The van der Waals surface area contributed by atoms with Gasteiger partial charge in [0.1, 0.15) is 11.5 Å². The predicted molar refractivity (Wildman–Crippen MR) is 104 cm³/mol. The maximum Gasteiger partial charge on any atom is 0.263 e. The molecule has 152 valence electrons. The van der Waals surface area contributed by atoms with Gasteiger partial charge in [0, 0.05) is 31.3 Å². The number of carbonyl (C=O) groups excluding carboxylic acids is 1. The highest BCUT2D eigenvalue weighted by atomic mass is 35.5. The fourth-order valence-electron chi connectivity index (χ4n) is 3.23. The van der Waals surface area contributed by atoms with Gasteiger partial charge in [-0.25, -0.2) is 8.78 Å². The number of methoxy groups -OCH3 is 1. The van der Waals surface area contributed by atoms with Crippen LogP contribution in [0.4, 0.5) is 8.78 Å². The van der Waals surface area contributed by atoms with E-state index >= 15 is 0 Å². The minimum Gasteiger partial charge on any atom is -0.496 e. The molecule has 2 atom stereocenters. The van der Waals surface area contributed by atoms with E-state index in [4.69, 9.17) is 9.47 Å². The highest BCUT2D eigenvalue weighted by Gasteiger charge is 2.33. The SMILES string of the molecule is COc1ccccc1C1CNCCN1C(=O)C(C)Oc1ccc(F)c(F)c1.Cl. The van der Waals surface area contributed by atoms with E-state index in [0.717, 1.165) is 17.7 Å². The van der Waals surface area contributed by atoms with Crippen molar-refractivity contribution < 1.29 is 23.0 Å². The maximum atomic E-state index is 13.4. The summed E-state index contributed by atoms with van der Waals surface area (Å²) in [7, 11) is 1.59. The number of ether oxygens (including phenoxy) is 2. The molecule has 1 fully saturated rings. The van der Waals surface area contributed by atoms with Crippen molar-refractivity contribution in [3.05, 3.63) is 59.7 Å². The van der Waals surface area contributed by atoms with Gasteiger partial charge >= 0.3 is 0 Å². The molecule has 0 saturated carbocycles.